The molecule has 0 saturated carbocycles. The third-order valence-corrected chi connectivity index (χ3v) is 8.91. The molecule has 3 heteroatoms. The third-order valence-electron chi connectivity index (χ3n) is 8.91. The van der Waals surface area contributed by atoms with Crippen molar-refractivity contribution in [1.29, 1.82) is 0 Å². The van der Waals surface area contributed by atoms with Crippen LogP contribution in [0.3, 0.4) is 0 Å². The normalized spacial score (nSPS) is 18.3. The topological polar surface area (TPSA) is 18.5 Å². The van der Waals surface area contributed by atoms with E-state index in [1.165, 1.54) is 99.9 Å². The molecule has 1 N–H and O–H groups in total. The molecule has 0 aliphatic carbocycles. The minimum absolute atomic E-state index is 0.290. The molecule has 3 nitrogen and oxygen atoms in total. The molecule has 4 aliphatic rings. The summed E-state index contributed by atoms with van der Waals surface area (Å²) in [5.41, 5.74) is 15.1. The molecule has 0 atom stereocenters. The summed E-state index contributed by atoms with van der Waals surface area (Å²) >= 11 is 0. The highest BCUT2D eigenvalue weighted by molar-refractivity contribution is 5.68. The van der Waals surface area contributed by atoms with E-state index in [0.717, 1.165) is 0 Å². The van der Waals surface area contributed by atoms with E-state index in [9.17, 15) is 0 Å². The molecule has 4 heterocycles. The van der Waals surface area contributed by atoms with E-state index in [1.54, 1.807) is 33.6 Å². The van der Waals surface area contributed by atoms with Crippen LogP contribution in [0, 0.1) is 0 Å². The average molecular weight is 464 g/mol. The van der Waals surface area contributed by atoms with Crippen LogP contribution in [-0.2, 0) is 25.7 Å². The second-order valence-electron chi connectivity index (χ2n) is 11.1. The Balaban J connectivity index is 1.41. The standard InChI is InChI=1S/C32H37N3/c1-33-29-12-10-22(11-13-29)30(27-18-23-6-2-14-34-15-3-7-24(19-27)31(23)34)28-20-25-8-4-16-35-17-5-9-26(21-28)32(25)35/h10-13,18-21,30,33H,2-9,14-17H2,1H3. The zero-order valence-electron chi connectivity index (χ0n) is 21.1. The smallest absolute Gasteiger partial charge is 0.0431 e. The van der Waals surface area contributed by atoms with Gasteiger partial charge in [-0.2, -0.15) is 0 Å². The molecular formula is C32H37N3. The number of hydrogen-bond acceptors (Lipinski definition) is 3. The molecule has 0 radical (unpaired) electrons. The van der Waals surface area contributed by atoms with Gasteiger partial charge in [-0.25, -0.2) is 0 Å². The molecule has 0 saturated heterocycles. The number of rotatable bonds is 4. The molecule has 0 bridgehead atoms. The first kappa shape index (κ1) is 21.4. The Labute approximate surface area is 210 Å². The Kier molecular flexibility index (Phi) is 5.26. The molecule has 3 aromatic rings. The molecule has 3 aromatic carbocycles. The molecule has 0 aromatic heterocycles. The second-order valence-corrected chi connectivity index (χ2v) is 11.1. The molecule has 4 aliphatic heterocycles. The predicted octanol–water partition coefficient (Wildman–Crippen LogP) is 6.31. The van der Waals surface area contributed by atoms with Gasteiger partial charge >= 0.3 is 0 Å². The van der Waals surface area contributed by atoms with Crippen molar-refractivity contribution in [3.8, 4) is 0 Å². The molecular weight excluding hydrogens is 426 g/mol. The first-order chi connectivity index (χ1) is 17.3. The molecule has 180 valence electrons. The first-order valence-electron chi connectivity index (χ1n) is 13.9. The Hall–Kier alpha value is -2.94. The van der Waals surface area contributed by atoms with Gasteiger partial charge in [-0.3, -0.25) is 0 Å². The van der Waals surface area contributed by atoms with Gasteiger partial charge in [-0.15, -0.1) is 0 Å². The van der Waals surface area contributed by atoms with Crippen LogP contribution in [0.25, 0.3) is 0 Å². The Morgan fingerprint density at radius 1 is 0.571 bits per heavy atom. The van der Waals surface area contributed by atoms with Crippen molar-refractivity contribution in [2.24, 2.45) is 0 Å². The van der Waals surface area contributed by atoms with Crippen LogP contribution in [0.1, 0.15) is 70.5 Å². The fraction of sp³-hybridized carbons (Fsp3) is 0.438. The molecule has 7 rings (SSSR count). The van der Waals surface area contributed by atoms with E-state index >= 15 is 0 Å². The summed E-state index contributed by atoms with van der Waals surface area (Å²) in [5, 5.41) is 3.30. The van der Waals surface area contributed by atoms with Gasteiger partial charge in [0.05, 0.1) is 0 Å². The van der Waals surface area contributed by atoms with E-state index in [-0.39, 0.29) is 0 Å². The highest BCUT2D eigenvalue weighted by atomic mass is 15.1. The summed E-state index contributed by atoms with van der Waals surface area (Å²) in [6.07, 6.45) is 10.1. The number of hydrogen-bond donors (Lipinski definition) is 1. The van der Waals surface area contributed by atoms with Crippen molar-refractivity contribution in [2.45, 2.75) is 57.3 Å². The van der Waals surface area contributed by atoms with Crippen LogP contribution in [0.5, 0.6) is 0 Å². The molecule has 0 fully saturated rings. The van der Waals surface area contributed by atoms with Crippen LogP contribution >= 0.6 is 0 Å². The zero-order valence-corrected chi connectivity index (χ0v) is 21.1. The van der Waals surface area contributed by atoms with Gasteiger partial charge in [0.15, 0.2) is 0 Å². The zero-order chi connectivity index (χ0) is 23.4. The monoisotopic (exact) mass is 463 g/mol. The first-order valence-corrected chi connectivity index (χ1v) is 13.9. The van der Waals surface area contributed by atoms with Gasteiger partial charge in [0.1, 0.15) is 0 Å². The summed E-state index contributed by atoms with van der Waals surface area (Å²) in [5.74, 6) is 0.290. The fourth-order valence-corrected chi connectivity index (χ4v) is 7.41. The van der Waals surface area contributed by atoms with Gasteiger partial charge in [-0.05, 0) is 102 Å². The number of aryl methyl sites for hydroxylation is 4. The lowest BCUT2D eigenvalue weighted by Gasteiger charge is -2.39. The van der Waals surface area contributed by atoms with Crippen LogP contribution in [0.4, 0.5) is 17.1 Å². The van der Waals surface area contributed by atoms with E-state index < -0.39 is 0 Å². The average Bonchev–Trinajstić information content (AvgIpc) is 2.90. The number of nitrogens with one attached hydrogen (secondary N) is 1. The Morgan fingerprint density at radius 2 is 0.971 bits per heavy atom. The largest absolute Gasteiger partial charge is 0.388 e. The lowest BCUT2D eigenvalue weighted by atomic mass is 9.78. The second kappa shape index (κ2) is 8.62. The summed E-state index contributed by atoms with van der Waals surface area (Å²) in [6, 6.07) is 19.5. The van der Waals surface area contributed by atoms with Crippen molar-refractivity contribution < 1.29 is 0 Å². The van der Waals surface area contributed by atoms with Gasteiger partial charge in [0.2, 0.25) is 0 Å². The lowest BCUT2D eigenvalue weighted by molar-refractivity contribution is 0.630. The van der Waals surface area contributed by atoms with Crippen LogP contribution in [0.15, 0.2) is 48.5 Å². The van der Waals surface area contributed by atoms with Gasteiger partial charge in [0, 0.05) is 56.2 Å². The van der Waals surface area contributed by atoms with Crippen molar-refractivity contribution in [2.75, 3.05) is 48.3 Å². The number of nitrogens with zero attached hydrogens (tertiary/aromatic N) is 2. The van der Waals surface area contributed by atoms with Crippen molar-refractivity contribution in [1.82, 2.24) is 0 Å². The van der Waals surface area contributed by atoms with E-state index in [4.69, 9.17) is 0 Å². The minimum Gasteiger partial charge on any atom is -0.388 e. The quantitative estimate of drug-likeness (QED) is 0.458. The van der Waals surface area contributed by atoms with Crippen molar-refractivity contribution in [3.63, 3.8) is 0 Å². The Morgan fingerprint density at radius 3 is 1.34 bits per heavy atom. The third kappa shape index (κ3) is 3.63. The summed E-state index contributed by atoms with van der Waals surface area (Å²) in [4.78, 5) is 5.32. The van der Waals surface area contributed by atoms with Gasteiger partial charge < -0.3 is 15.1 Å². The number of anilines is 3. The van der Waals surface area contributed by atoms with Crippen molar-refractivity contribution >= 4 is 17.1 Å². The maximum Gasteiger partial charge on any atom is 0.0431 e. The van der Waals surface area contributed by atoms with E-state index in [1.807, 2.05) is 7.05 Å². The number of benzene rings is 3. The minimum atomic E-state index is 0.290. The maximum atomic E-state index is 3.30. The van der Waals surface area contributed by atoms with E-state index in [0.29, 0.717) is 5.92 Å². The SMILES string of the molecule is CNc1ccc(C(c2cc3c4c(c2)CCCN4CCC3)c2cc3c4c(c2)CCCN4CCC3)cc1. The highest BCUT2D eigenvalue weighted by Gasteiger charge is 2.29. The van der Waals surface area contributed by atoms with Crippen LogP contribution in [0.2, 0.25) is 0 Å². The molecule has 0 spiro atoms. The molecule has 0 amide bonds. The van der Waals surface area contributed by atoms with E-state index in [2.05, 4.69) is 63.6 Å². The highest BCUT2D eigenvalue weighted by Crippen LogP contribution is 2.44. The summed E-state index contributed by atoms with van der Waals surface area (Å²) in [7, 11) is 2.01. The summed E-state index contributed by atoms with van der Waals surface area (Å²) in [6.45, 7) is 4.94. The maximum absolute atomic E-state index is 3.30. The van der Waals surface area contributed by atoms with Gasteiger partial charge in [0.25, 0.3) is 0 Å². The predicted molar refractivity (Wildman–Crippen MR) is 148 cm³/mol. The lowest BCUT2D eigenvalue weighted by Crippen LogP contribution is -2.35. The molecule has 35 heavy (non-hydrogen) atoms. The fourth-order valence-electron chi connectivity index (χ4n) is 7.41. The summed E-state index contributed by atoms with van der Waals surface area (Å²) < 4.78 is 0. The van der Waals surface area contributed by atoms with Crippen molar-refractivity contribution in [3.05, 3.63) is 87.5 Å². The van der Waals surface area contributed by atoms with Crippen LogP contribution < -0.4 is 15.1 Å². The van der Waals surface area contributed by atoms with Gasteiger partial charge in [-0.1, -0.05) is 36.4 Å². The Bertz CT molecular complexity index is 1120. The molecule has 0 unspecified atom stereocenters. The van der Waals surface area contributed by atoms with Crippen LogP contribution in [-0.4, -0.2) is 33.2 Å².